The van der Waals surface area contributed by atoms with Crippen molar-refractivity contribution in [3.8, 4) is 5.75 Å². The molecule has 4 amide bonds. The molecule has 10 heteroatoms. The zero-order chi connectivity index (χ0) is 28.5. The van der Waals surface area contributed by atoms with E-state index in [1.54, 1.807) is 45.9 Å². The molecule has 2 atom stereocenters. The van der Waals surface area contributed by atoms with E-state index in [0.717, 1.165) is 5.56 Å². The number of rotatable bonds is 11. The fourth-order valence-corrected chi connectivity index (χ4v) is 3.89. The Labute approximate surface area is 223 Å². The number of phenols is 1. The predicted octanol–water partition coefficient (Wildman–Crippen LogP) is 3.07. The Morgan fingerprint density at radius 3 is 2.29 bits per heavy atom. The van der Waals surface area contributed by atoms with Crippen molar-refractivity contribution in [1.29, 1.82) is 0 Å². The lowest BCUT2D eigenvalue weighted by molar-refractivity contribution is -0.143. The van der Waals surface area contributed by atoms with Crippen molar-refractivity contribution in [3.63, 3.8) is 0 Å². The summed E-state index contributed by atoms with van der Waals surface area (Å²) in [6, 6.07) is 11.5. The molecule has 2 rings (SSSR count). The van der Waals surface area contributed by atoms with Crippen LogP contribution in [0.5, 0.6) is 5.75 Å². The second kappa shape index (κ2) is 13.5. The van der Waals surface area contributed by atoms with Crippen molar-refractivity contribution in [2.45, 2.75) is 71.7 Å². The highest BCUT2D eigenvalue weighted by atomic mass is 16.6. The average molecular weight is 527 g/mol. The molecule has 0 radical (unpaired) electrons. The van der Waals surface area contributed by atoms with Crippen LogP contribution in [-0.2, 0) is 25.7 Å². The molecule has 0 spiro atoms. The van der Waals surface area contributed by atoms with Crippen LogP contribution in [0.2, 0.25) is 0 Å². The molecule has 0 saturated heterocycles. The summed E-state index contributed by atoms with van der Waals surface area (Å²) in [4.78, 5) is 53.1. The first-order valence-electron chi connectivity index (χ1n) is 12.5. The van der Waals surface area contributed by atoms with Gasteiger partial charge in [0.15, 0.2) is 0 Å². The normalized spacial score (nSPS) is 12.7. The van der Waals surface area contributed by atoms with Gasteiger partial charge in [0.1, 0.15) is 23.4 Å². The third kappa shape index (κ3) is 8.79. The summed E-state index contributed by atoms with van der Waals surface area (Å²) in [5.41, 5.74) is 6.13. The van der Waals surface area contributed by atoms with Crippen LogP contribution in [0.1, 0.15) is 63.3 Å². The molecule has 206 valence electrons. The topological polar surface area (TPSA) is 151 Å². The molecule has 0 aliphatic rings. The lowest BCUT2D eigenvalue weighted by Gasteiger charge is -2.34. The van der Waals surface area contributed by atoms with E-state index in [0.29, 0.717) is 12.0 Å². The fraction of sp³-hybridized carbons (Fsp3) is 0.429. The molecule has 2 aromatic rings. The van der Waals surface area contributed by atoms with Crippen LogP contribution >= 0.6 is 0 Å². The molecule has 0 aliphatic carbocycles. The van der Waals surface area contributed by atoms with Crippen LogP contribution in [-0.4, -0.2) is 52.0 Å². The lowest BCUT2D eigenvalue weighted by atomic mass is 9.98. The van der Waals surface area contributed by atoms with Crippen molar-refractivity contribution >= 4 is 23.8 Å². The average Bonchev–Trinajstić information content (AvgIpc) is 2.83. The summed E-state index contributed by atoms with van der Waals surface area (Å²) in [7, 11) is 0. The molecule has 5 N–H and O–H groups in total. The Morgan fingerprint density at radius 1 is 1.05 bits per heavy atom. The van der Waals surface area contributed by atoms with E-state index in [4.69, 9.17) is 10.5 Å². The number of alkyl carbamates (subject to hydrolysis) is 1. The van der Waals surface area contributed by atoms with Gasteiger partial charge in [0.2, 0.25) is 17.7 Å². The molecular weight excluding hydrogens is 488 g/mol. The molecule has 0 aromatic heterocycles. The van der Waals surface area contributed by atoms with E-state index in [9.17, 15) is 24.3 Å². The first kappa shape index (κ1) is 30.1. The van der Waals surface area contributed by atoms with Crippen molar-refractivity contribution in [3.05, 3.63) is 65.2 Å². The van der Waals surface area contributed by atoms with Gasteiger partial charge in [0.25, 0.3) is 0 Å². The van der Waals surface area contributed by atoms with Gasteiger partial charge in [-0.15, -0.1) is 0 Å². The number of aromatic hydroxyl groups is 1. The molecule has 10 nitrogen and oxygen atoms in total. The number of para-hydroxylation sites is 1. The van der Waals surface area contributed by atoms with Crippen LogP contribution in [0, 0.1) is 6.92 Å². The second-order valence-electron chi connectivity index (χ2n) is 10.0. The van der Waals surface area contributed by atoms with Crippen molar-refractivity contribution in [2.75, 3.05) is 6.54 Å². The largest absolute Gasteiger partial charge is 0.507 e. The van der Waals surface area contributed by atoms with Gasteiger partial charge in [-0.25, -0.2) is 4.79 Å². The Balaban J connectivity index is 2.49. The molecule has 2 aromatic carbocycles. The SMILES string of the molecule is CCCN(C(=O)C(CC(N)=O)NC(=O)OC(C)(C)C)C(C(=O)NCc1ccccc1)c1cccc(C)c1O. The van der Waals surface area contributed by atoms with Crippen molar-refractivity contribution in [2.24, 2.45) is 5.73 Å². The number of ether oxygens (including phenoxy) is 1. The zero-order valence-corrected chi connectivity index (χ0v) is 22.6. The number of hydrogen-bond acceptors (Lipinski definition) is 6. The smallest absolute Gasteiger partial charge is 0.408 e. The monoisotopic (exact) mass is 526 g/mol. The molecule has 0 aliphatic heterocycles. The van der Waals surface area contributed by atoms with E-state index in [2.05, 4.69) is 10.6 Å². The van der Waals surface area contributed by atoms with Gasteiger partial charge in [0, 0.05) is 18.7 Å². The Hall–Kier alpha value is -4.08. The molecule has 0 bridgehead atoms. The van der Waals surface area contributed by atoms with Crippen molar-refractivity contribution < 1.29 is 29.0 Å². The lowest BCUT2D eigenvalue weighted by Crippen LogP contribution is -2.54. The standard InChI is InChI=1S/C28H38N4O6/c1-6-15-32(26(36)21(16-22(29)33)31-27(37)38-28(3,4)5)23(20-14-10-11-18(2)24(20)34)25(35)30-17-19-12-8-7-9-13-19/h7-14,21,23,34H,6,15-17H2,1-5H3,(H2,29,33)(H,30,35)(H,31,37). The Kier molecular flexibility index (Phi) is 10.7. The van der Waals surface area contributed by atoms with E-state index in [1.165, 1.54) is 4.90 Å². The third-order valence-electron chi connectivity index (χ3n) is 5.58. The molecular formula is C28H38N4O6. The number of carbonyl (C=O) groups is 4. The summed E-state index contributed by atoms with van der Waals surface area (Å²) < 4.78 is 5.26. The van der Waals surface area contributed by atoms with Gasteiger partial charge < -0.3 is 31.1 Å². The highest BCUT2D eigenvalue weighted by molar-refractivity contribution is 5.94. The van der Waals surface area contributed by atoms with E-state index in [-0.39, 0.29) is 24.4 Å². The highest BCUT2D eigenvalue weighted by Gasteiger charge is 2.37. The summed E-state index contributed by atoms with van der Waals surface area (Å²) >= 11 is 0. The van der Waals surface area contributed by atoms with Gasteiger partial charge in [-0.2, -0.15) is 0 Å². The molecule has 0 heterocycles. The molecule has 2 unspecified atom stereocenters. The number of nitrogens with two attached hydrogens (primary N) is 1. The number of phenolic OH excluding ortho intramolecular Hbond substituents is 1. The zero-order valence-electron chi connectivity index (χ0n) is 22.6. The summed E-state index contributed by atoms with van der Waals surface area (Å²) in [6.45, 7) is 8.78. The summed E-state index contributed by atoms with van der Waals surface area (Å²) in [5, 5.41) is 16.1. The quantitative estimate of drug-likeness (QED) is 0.353. The van der Waals surface area contributed by atoms with Gasteiger partial charge in [0.05, 0.1) is 6.42 Å². The van der Waals surface area contributed by atoms with E-state index in [1.807, 2.05) is 37.3 Å². The first-order valence-corrected chi connectivity index (χ1v) is 12.5. The summed E-state index contributed by atoms with van der Waals surface area (Å²) in [5.74, 6) is -2.20. The number of nitrogens with zero attached hydrogens (tertiary/aromatic N) is 1. The van der Waals surface area contributed by atoms with Gasteiger partial charge in [-0.3, -0.25) is 14.4 Å². The minimum Gasteiger partial charge on any atom is -0.507 e. The minimum atomic E-state index is -1.38. The Bertz CT molecular complexity index is 1130. The van der Waals surface area contributed by atoms with Gasteiger partial charge in [-0.1, -0.05) is 55.5 Å². The molecule has 0 saturated carbocycles. The van der Waals surface area contributed by atoms with Crippen LogP contribution in [0.4, 0.5) is 4.79 Å². The fourth-order valence-electron chi connectivity index (χ4n) is 3.89. The second-order valence-corrected chi connectivity index (χ2v) is 10.0. The van der Waals surface area contributed by atoms with Crippen LogP contribution in [0.3, 0.4) is 0 Å². The maximum atomic E-state index is 13.8. The highest BCUT2D eigenvalue weighted by Crippen LogP contribution is 2.32. The minimum absolute atomic E-state index is 0.0981. The number of primary amides is 1. The maximum Gasteiger partial charge on any atom is 0.408 e. The number of amides is 4. The van der Waals surface area contributed by atoms with Crippen LogP contribution < -0.4 is 16.4 Å². The first-order chi connectivity index (χ1) is 17.8. The third-order valence-corrected chi connectivity index (χ3v) is 5.58. The molecule has 0 fully saturated rings. The van der Waals surface area contributed by atoms with E-state index >= 15 is 0 Å². The number of nitrogens with one attached hydrogen (secondary N) is 2. The van der Waals surface area contributed by atoms with Gasteiger partial charge >= 0.3 is 6.09 Å². The van der Waals surface area contributed by atoms with Gasteiger partial charge in [-0.05, 0) is 45.2 Å². The number of aryl methyl sites for hydroxylation is 1. The number of hydrogen-bond donors (Lipinski definition) is 4. The number of benzene rings is 2. The summed E-state index contributed by atoms with van der Waals surface area (Å²) in [6.07, 6.45) is -0.954. The maximum absolute atomic E-state index is 13.8. The number of carbonyl (C=O) groups excluding carboxylic acids is 4. The van der Waals surface area contributed by atoms with Crippen molar-refractivity contribution in [1.82, 2.24) is 15.5 Å². The Morgan fingerprint density at radius 2 is 1.71 bits per heavy atom. The molecule has 38 heavy (non-hydrogen) atoms. The predicted molar refractivity (Wildman–Crippen MR) is 143 cm³/mol. The van der Waals surface area contributed by atoms with E-state index < -0.39 is 47.9 Å². The van der Waals surface area contributed by atoms with Crippen LogP contribution in [0.15, 0.2) is 48.5 Å². The van der Waals surface area contributed by atoms with Crippen LogP contribution in [0.25, 0.3) is 0 Å².